The second-order valence-corrected chi connectivity index (χ2v) is 7.59. The van der Waals surface area contributed by atoms with Gasteiger partial charge >= 0.3 is 0 Å². The van der Waals surface area contributed by atoms with Crippen molar-refractivity contribution in [2.24, 2.45) is 10.9 Å². The Kier molecular flexibility index (Phi) is 7.78. The van der Waals surface area contributed by atoms with Crippen molar-refractivity contribution in [3.8, 4) is 0 Å². The van der Waals surface area contributed by atoms with Crippen LogP contribution in [0.2, 0.25) is 0 Å². The molecule has 1 saturated carbocycles. The molecule has 6 heteroatoms. The lowest BCUT2D eigenvalue weighted by Crippen LogP contribution is -2.51. The quantitative estimate of drug-likeness (QED) is 0.458. The maximum absolute atomic E-state index is 10.2. The van der Waals surface area contributed by atoms with Crippen LogP contribution in [0.25, 0.3) is 0 Å². The van der Waals surface area contributed by atoms with Crippen LogP contribution in [0.15, 0.2) is 4.99 Å². The average molecular weight is 341 g/mol. The summed E-state index contributed by atoms with van der Waals surface area (Å²) in [5, 5.41) is 17.0. The Morgan fingerprint density at radius 2 is 1.96 bits per heavy atom. The molecule has 6 nitrogen and oxygen atoms in total. The van der Waals surface area contributed by atoms with Gasteiger partial charge in [-0.25, -0.2) is 0 Å². The molecular formula is C18H36N4O2. The normalized spacial score (nSPS) is 23.0. The summed E-state index contributed by atoms with van der Waals surface area (Å²) in [5.41, 5.74) is -0.566. The average Bonchev–Trinajstić information content (AvgIpc) is 2.54. The van der Waals surface area contributed by atoms with Crippen LogP contribution < -0.4 is 10.6 Å². The van der Waals surface area contributed by atoms with Crippen molar-refractivity contribution in [1.82, 2.24) is 15.5 Å². The molecule has 1 aliphatic carbocycles. The first kappa shape index (κ1) is 19.5. The highest BCUT2D eigenvalue weighted by atomic mass is 16.5. The Balaban J connectivity index is 1.88. The molecule has 1 heterocycles. The van der Waals surface area contributed by atoms with E-state index in [2.05, 4.69) is 41.3 Å². The molecule has 2 aliphatic rings. The first-order valence-corrected chi connectivity index (χ1v) is 9.59. The molecule has 1 aliphatic heterocycles. The Morgan fingerprint density at radius 1 is 1.25 bits per heavy atom. The van der Waals surface area contributed by atoms with Crippen LogP contribution in [0.4, 0.5) is 0 Å². The Hall–Kier alpha value is -0.850. The van der Waals surface area contributed by atoms with E-state index < -0.39 is 5.60 Å². The minimum Gasteiger partial charge on any atom is -0.388 e. The molecule has 1 unspecified atom stereocenters. The smallest absolute Gasteiger partial charge is 0.191 e. The second-order valence-electron chi connectivity index (χ2n) is 7.59. The second kappa shape index (κ2) is 9.59. The molecule has 0 radical (unpaired) electrons. The topological polar surface area (TPSA) is 69.1 Å². The number of aliphatic hydroxyl groups is 1. The van der Waals surface area contributed by atoms with Crippen molar-refractivity contribution >= 4 is 5.96 Å². The van der Waals surface area contributed by atoms with E-state index in [4.69, 9.17) is 4.74 Å². The summed E-state index contributed by atoms with van der Waals surface area (Å²) in [4.78, 5) is 7.13. The molecule has 24 heavy (non-hydrogen) atoms. The monoisotopic (exact) mass is 340 g/mol. The van der Waals surface area contributed by atoms with E-state index in [0.717, 1.165) is 71.0 Å². The van der Waals surface area contributed by atoms with Gasteiger partial charge in [-0.05, 0) is 38.5 Å². The molecule has 0 spiro atoms. The fraction of sp³-hybridized carbons (Fsp3) is 0.944. The van der Waals surface area contributed by atoms with Gasteiger partial charge in [-0.1, -0.05) is 13.8 Å². The van der Waals surface area contributed by atoms with Crippen molar-refractivity contribution in [2.75, 3.05) is 45.9 Å². The number of aliphatic imine (C=N–C) groups is 1. The number of hydrogen-bond acceptors (Lipinski definition) is 4. The van der Waals surface area contributed by atoms with Gasteiger partial charge in [-0.2, -0.15) is 0 Å². The minimum atomic E-state index is -0.566. The Morgan fingerprint density at radius 3 is 2.50 bits per heavy atom. The fourth-order valence-corrected chi connectivity index (χ4v) is 3.37. The Labute approximate surface area is 147 Å². The maximum Gasteiger partial charge on any atom is 0.191 e. The highest BCUT2D eigenvalue weighted by Gasteiger charge is 2.34. The van der Waals surface area contributed by atoms with E-state index in [0.29, 0.717) is 18.5 Å². The third kappa shape index (κ3) is 6.22. The highest BCUT2D eigenvalue weighted by molar-refractivity contribution is 5.79. The molecule has 140 valence electrons. The maximum atomic E-state index is 10.2. The number of rotatable bonds is 8. The Bertz CT molecular complexity index is 390. The summed E-state index contributed by atoms with van der Waals surface area (Å²) in [7, 11) is 0. The predicted octanol–water partition coefficient (Wildman–Crippen LogP) is 1.20. The van der Waals surface area contributed by atoms with Gasteiger partial charge in [0.2, 0.25) is 0 Å². The van der Waals surface area contributed by atoms with Crippen molar-refractivity contribution in [3.05, 3.63) is 0 Å². The summed E-state index contributed by atoms with van der Waals surface area (Å²) in [6, 6.07) is 0.490. The van der Waals surface area contributed by atoms with E-state index in [1.165, 1.54) is 0 Å². The van der Waals surface area contributed by atoms with Crippen molar-refractivity contribution < 1.29 is 9.84 Å². The number of nitrogens with zero attached hydrogens (tertiary/aromatic N) is 2. The number of nitrogens with one attached hydrogen (secondary N) is 2. The van der Waals surface area contributed by atoms with Gasteiger partial charge < -0.3 is 20.5 Å². The van der Waals surface area contributed by atoms with Gasteiger partial charge in [0, 0.05) is 32.2 Å². The molecule has 0 bridgehead atoms. The lowest BCUT2D eigenvalue weighted by Gasteiger charge is -2.36. The molecule has 0 amide bonds. The summed E-state index contributed by atoms with van der Waals surface area (Å²) < 4.78 is 5.49. The fourth-order valence-electron chi connectivity index (χ4n) is 3.37. The molecule has 3 N–H and O–H groups in total. The van der Waals surface area contributed by atoms with Crippen LogP contribution in [0, 0.1) is 5.92 Å². The first-order valence-electron chi connectivity index (χ1n) is 9.59. The minimum absolute atomic E-state index is 0.490. The van der Waals surface area contributed by atoms with Crippen LogP contribution in [0.5, 0.6) is 0 Å². The van der Waals surface area contributed by atoms with Crippen LogP contribution in [0.1, 0.15) is 46.5 Å². The van der Waals surface area contributed by atoms with Crippen molar-refractivity contribution in [1.29, 1.82) is 0 Å². The predicted molar refractivity (Wildman–Crippen MR) is 98.4 cm³/mol. The number of ether oxygens (including phenoxy) is 1. The first-order chi connectivity index (χ1) is 11.5. The highest BCUT2D eigenvalue weighted by Crippen LogP contribution is 2.31. The van der Waals surface area contributed by atoms with E-state index in [1.807, 2.05) is 0 Å². The standard InChI is InChI=1S/C18H36N4O2/c1-4-19-17(21-14-18(23)6-5-7-18)20-13-16(12-15(2)3)22-8-10-24-11-9-22/h15-16,23H,4-14H2,1-3H3,(H2,19,20,21). The van der Waals surface area contributed by atoms with Gasteiger partial charge in [0.25, 0.3) is 0 Å². The molecule has 2 fully saturated rings. The SMILES string of the molecule is CCNC(=NCC1(O)CCC1)NCC(CC(C)C)N1CCOCC1. The molecule has 0 aromatic carbocycles. The molecule has 1 saturated heterocycles. The van der Waals surface area contributed by atoms with Crippen molar-refractivity contribution in [3.63, 3.8) is 0 Å². The number of hydrogen-bond donors (Lipinski definition) is 3. The molecular weight excluding hydrogens is 304 g/mol. The zero-order chi connectivity index (χ0) is 17.4. The summed E-state index contributed by atoms with van der Waals surface area (Å²) in [6.45, 7) is 12.5. The van der Waals surface area contributed by atoms with Gasteiger partial charge in [0.05, 0.1) is 25.4 Å². The molecule has 0 aromatic rings. The van der Waals surface area contributed by atoms with Gasteiger partial charge in [-0.15, -0.1) is 0 Å². The van der Waals surface area contributed by atoms with Gasteiger partial charge in [-0.3, -0.25) is 9.89 Å². The third-order valence-electron chi connectivity index (χ3n) is 4.97. The van der Waals surface area contributed by atoms with Crippen LogP contribution in [-0.2, 0) is 4.74 Å². The van der Waals surface area contributed by atoms with Gasteiger partial charge in [0.1, 0.15) is 0 Å². The number of morpholine rings is 1. The van der Waals surface area contributed by atoms with Crippen LogP contribution in [0.3, 0.4) is 0 Å². The largest absolute Gasteiger partial charge is 0.388 e. The lowest BCUT2D eigenvalue weighted by atomic mass is 9.80. The van der Waals surface area contributed by atoms with Gasteiger partial charge in [0.15, 0.2) is 5.96 Å². The van der Waals surface area contributed by atoms with E-state index in [1.54, 1.807) is 0 Å². The summed E-state index contributed by atoms with van der Waals surface area (Å²) >= 11 is 0. The molecule has 0 aromatic heterocycles. The zero-order valence-electron chi connectivity index (χ0n) is 15.7. The summed E-state index contributed by atoms with van der Waals surface area (Å²) in [6.07, 6.45) is 4.03. The number of guanidine groups is 1. The van der Waals surface area contributed by atoms with Crippen molar-refractivity contribution in [2.45, 2.75) is 58.1 Å². The van der Waals surface area contributed by atoms with Crippen LogP contribution >= 0.6 is 0 Å². The van der Waals surface area contributed by atoms with E-state index in [-0.39, 0.29) is 0 Å². The molecule has 2 rings (SSSR count). The van der Waals surface area contributed by atoms with Crippen LogP contribution in [-0.4, -0.2) is 73.5 Å². The lowest BCUT2D eigenvalue weighted by molar-refractivity contribution is -0.0236. The summed E-state index contributed by atoms with van der Waals surface area (Å²) in [5.74, 6) is 1.48. The third-order valence-corrected chi connectivity index (χ3v) is 4.97. The van der Waals surface area contributed by atoms with E-state index >= 15 is 0 Å². The molecule has 1 atom stereocenters. The zero-order valence-corrected chi connectivity index (χ0v) is 15.7. The van der Waals surface area contributed by atoms with E-state index in [9.17, 15) is 5.11 Å².